The van der Waals surface area contributed by atoms with Crippen LogP contribution in [0.1, 0.15) is 51.5 Å². The lowest BCUT2D eigenvalue weighted by atomic mass is 10.1. The van der Waals surface area contributed by atoms with Gasteiger partial charge in [0.1, 0.15) is 6.54 Å². The van der Waals surface area contributed by atoms with Gasteiger partial charge in [0.05, 0.1) is 10.1 Å². The molecule has 0 bridgehead atoms. The van der Waals surface area contributed by atoms with Crippen LogP contribution in [0.25, 0.3) is 0 Å². The molecule has 0 fully saturated rings. The molecule has 0 saturated carbocycles. The summed E-state index contributed by atoms with van der Waals surface area (Å²) >= 11 is 0. The molecule has 1 rings (SSSR count). The van der Waals surface area contributed by atoms with Gasteiger partial charge >= 0.3 is 0 Å². The molecular formula is C15H27NO3S. The molecule has 0 aromatic carbocycles. The number of unbranched alkanes of at least 4 members (excludes halogenated alkanes) is 3. The van der Waals surface area contributed by atoms with Crippen LogP contribution in [-0.4, -0.2) is 19.2 Å². The van der Waals surface area contributed by atoms with Crippen LogP contribution in [0.5, 0.6) is 0 Å². The quantitative estimate of drug-likeness (QED) is 0.442. The van der Waals surface area contributed by atoms with Gasteiger partial charge < -0.3 is 4.55 Å². The van der Waals surface area contributed by atoms with E-state index in [0.29, 0.717) is 6.26 Å². The third-order valence-electron chi connectivity index (χ3n) is 2.73. The predicted octanol–water partition coefficient (Wildman–Crippen LogP) is 2.67. The van der Waals surface area contributed by atoms with Crippen LogP contribution in [-0.2, 0) is 23.1 Å². The highest BCUT2D eigenvalue weighted by molar-refractivity contribution is 7.84. The van der Waals surface area contributed by atoms with Gasteiger partial charge in [-0.25, -0.2) is 13.0 Å². The van der Waals surface area contributed by atoms with Crippen molar-refractivity contribution in [3.63, 3.8) is 0 Å². The summed E-state index contributed by atoms with van der Waals surface area (Å²) < 4.78 is 29.6. The van der Waals surface area contributed by atoms with E-state index in [1.54, 1.807) is 0 Å². The van der Waals surface area contributed by atoms with E-state index in [4.69, 9.17) is 13.0 Å². The van der Waals surface area contributed by atoms with Crippen molar-refractivity contribution < 1.29 is 17.5 Å². The van der Waals surface area contributed by atoms with Crippen LogP contribution in [0.2, 0.25) is 0 Å². The van der Waals surface area contributed by atoms with Gasteiger partial charge in [-0.1, -0.05) is 33.1 Å². The molecule has 0 radical (unpaired) electrons. The lowest BCUT2D eigenvalue weighted by molar-refractivity contribution is -0.697. The number of hydrogen-bond donors (Lipinski definition) is 0. The van der Waals surface area contributed by atoms with E-state index < -0.39 is 10.1 Å². The predicted molar refractivity (Wildman–Crippen MR) is 80.4 cm³/mol. The Labute approximate surface area is 123 Å². The van der Waals surface area contributed by atoms with Crippen molar-refractivity contribution in [1.29, 1.82) is 0 Å². The molecule has 1 aromatic heterocycles. The maximum Gasteiger partial charge on any atom is 0.171 e. The molecule has 1 aromatic rings. The lowest BCUT2D eigenvalue weighted by Gasteiger charge is -1.99. The zero-order valence-corrected chi connectivity index (χ0v) is 13.7. The summed E-state index contributed by atoms with van der Waals surface area (Å²) in [5.41, 5.74) is 1.47. The van der Waals surface area contributed by atoms with Crippen molar-refractivity contribution in [3.8, 4) is 0 Å². The minimum atomic E-state index is -3.92. The number of nitrogens with zero attached hydrogens (tertiary/aromatic N) is 1. The Hall–Kier alpha value is -0.940. The largest absolute Gasteiger partial charge is 0.748 e. The Bertz CT molecular complexity index is 450. The first kappa shape index (κ1) is 19.1. The van der Waals surface area contributed by atoms with E-state index in [1.165, 1.54) is 50.6 Å². The fourth-order valence-electron chi connectivity index (χ4n) is 1.87. The zero-order chi connectivity index (χ0) is 15.4. The molecule has 5 heteroatoms. The van der Waals surface area contributed by atoms with Gasteiger partial charge in [0.25, 0.3) is 0 Å². The Morgan fingerprint density at radius 1 is 1.15 bits per heavy atom. The average Bonchev–Trinajstić information content (AvgIpc) is 2.34. The van der Waals surface area contributed by atoms with Gasteiger partial charge in [-0.2, -0.15) is 0 Å². The molecule has 0 unspecified atom stereocenters. The van der Waals surface area contributed by atoms with E-state index in [2.05, 4.69) is 42.9 Å². The fourth-order valence-corrected chi connectivity index (χ4v) is 1.87. The van der Waals surface area contributed by atoms with Crippen molar-refractivity contribution in [2.24, 2.45) is 0 Å². The summed E-state index contributed by atoms with van der Waals surface area (Å²) in [5.74, 6) is 0. The number of aromatic nitrogens is 1. The Morgan fingerprint density at radius 2 is 1.80 bits per heavy atom. The molecule has 0 saturated heterocycles. The molecule has 0 spiro atoms. The average molecular weight is 301 g/mol. The molecule has 0 amide bonds. The summed E-state index contributed by atoms with van der Waals surface area (Å²) in [7, 11) is -3.92. The topological polar surface area (TPSA) is 61.1 Å². The van der Waals surface area contributed by atoms with E-state index in [-0.39, 0.29) is 0 Å². The number of pyridine rings is 1. The maximum absolute atomic E-state index is 9.08. The second-order valence-corrected chi connectivity index (χ2v) is 6.37. The van der Waals surface area contributed by atoms with E-state index >= 15 is 0 Å². The number of rotatable bonds is 7. The molecule has 0 aliphatic rings. The molecular weight excluding hydrogens is 274 g/mol. The molecule has 116 valence electrons. The molecule has 0 aliphatic heterocycles. The Balaban J connectivity index is 0.000000621. The van der Waals surface area contributed by atoms with Crippen LogP contribution >= 0.6 is 0 Å². The summed E-state index contributed by atoms with van der Waals surface area (Å²) in [4.78, 5) is 0. The summed E-state index contributed by atoms with van der Waals surface area (Å²) in [6.45, 7) is 5.67. The van der Waals surface area contributed by atoms with Crippen molar-refractivity contribution in [3.05, 3.63) is 30.1 Å². The SMILES string of the molecule is CCCCCC[n+]1cccc(CCC)c1.CS(=O)(=O)[O-]. The standard InChI is InChI=1S/C14H24N.CH4O3S/c1-3-5-6-7-11-15-12-8-10-14(13-15)9-4-2;1-5(2,3)4/h8,10,12-13H,3-7,9,11H2,1-2H3;1H3,(H,2,3,4)/q+1;/p-1. The van der Waals surface area contributed by atoms with Crippen LogP contribution in [0.3, 0.4) is 0 Å². The van der Waals surface area contributed by atoms with Crippen LogP contribution in [0.15, 0.2) is 24.5 Å². The second kappa shape index (κ2) is 10.8. The molecule has 0 atom stereocenters. The normalized spacial score (nSPS) is 10.8. The molecule has 0 aliphatic carbocycles. The second-order valence-electron chi connectivity index (χ2n) is 4.96. The van der Waals surface area contributed by atoms with Crippen LogP contribution in [0, 0.1) is 0 Å². The summed E-state index contributed by atoms with van der Waals surface area (Å²) in [5, 5.41) is 0. The highest BCUT2D eigenvalue weighted by Gasteiger charge is 2.01. The number of hydrogen-bond acceptors (Lipinski definition) is 3. The first-order valence-electron chi connectivity index (χ1n) is 7.25. The van der Waals surface area contributed by atoms with E-state index in [9.17, 15) is 0 Å². The fraction of sp³-hybridized carbons (Fsp3) is 0.667. The molecule has 1 heterocycles. The molecule has 20 heavy (non-hydrogen) atoms. The number of aryl methyl sites for hydroxylation is 2. The third-order valence-corrected chi connectivity index (χ3v) is 2.73. The van der Waals surface area contributed by atoms with Gasteiger partial charge in [-0.15, -0.1) is 0 Å². The van der Waals surface area contributed by atoms with Crippen molar-refractivity contribution >= 4 is 10.1 Å². The maximum atomic E-state index is 9.08. The smallest absolute Gasteiger partial charge is 0.171 e. The minimum absolute atomic E-state index is 0.604. The van der Waals surface area contributed by atoms with Crippen molar-refractivity contribution in [2.75, 3.05) is 6.26 Å². The monoisotopic (exact) mass is 301 g/mol. The Morgan fingerprint density at radius 3 is 2.35 bits per heavy atom. The molecule has 4 nitrogen and oxygen atoms in total. The van der Waals surface area contributed by atoms with Gasteiger partial charge in [-0.05, 0) is 18.9 Å². The highest BCUT2D eigenvalue weighted by Crippen LogP contribution is 2.01. The third kappa shape index (κ3) is 13.5. The van der Waals surface area contributed by atoms with E-state index in [0.717, 1.165) is 0 Å². The van der Waals surface area contributed by atoms with Crippen molar-refractivity contribution in [1.82, 2.24) is 0 Å². The van der Waals surface area contributed by atoms with Gasteiger partial charge in [-0.3, -0.25) is 0 Å². The zero-order valence-electron chi connectivity index (χ0n) is 12.8. The van der Waals surface area contributed by atoms with Gasteiger partial charge in [0.15, 0.2) is 12.4 Å². The first-order valence-corrected chi connectivity index (χ1v) is 9.07. The van der Waals surface area contributed by atoms with Gasteiger partial charge in [0.2, 0.25) is 0 Å². The Kier molecular flexibility index (Phi) is 10.3. The minimum Gasteiger partial charge on any atom is -0.748 e. The van der Waals surface area contributed by atoms with E-state index in [1.807, 2.05) is 0 Å². The summed E-state index contributed by atoms with van der Waals surface area (Å²) in [6.07, 6.45) is 12.9. The van der Waals surface area contributed by atoms with Crippen LogP contribution < -0.4 is 4.57 Å². The van der Waals surface area contributed by atoms with Crippen molar-refractivity contribution in [2.45, 2.75) is 58.9 Å². The van der Waals surface area contributed by atoms with Crippen LogP contribution in [0.4, 0.5) is 0 Å². The molecule has 0 N–H and O–H groups in total. The lowest BCUT2D eigenvalue weighted by Crippen LogP contribution is -2.33. The first-order chi connectivity index (χ1) is 9.36. The highest BCUT2D eigenvalue weighted by atomic mass is 32.2. The van der Waals surface area contributed by atoms with Gasteiger partial charge in [0, 0.05) is 24.3 Å². The summed E-state index contributed by atoms with van der Waals surface area (Å²) in [6, 6.07) is 4.40.